The number of halogens is 2. The Labute approximate surface area is 80.2 Å². The molecular formula is C7H14F2N2O3. The number of ether oxygens (including phenoxy) is 1. The van der Waals surface area contributed by atoms with Gasteiger partial charge in [0, 0.05) is 7.11 Å². The molecule has 0 aromatic heterocycles. The number of nitrogens with one attached hydrogen (secondary N) is 1. The quantitative estimate of drug-likeness (QED) is 0.511. The highest BCUT2D eigenvalue weighted by Crippen LogP contribution is 2.09. The predicted molar refractivity (Wildman–Crippen MR) is 44.9 cm³/mol. The summed E-state index contributed by atoms with van der Waals surface area (Å²) in [6.45, 7) is -2.29. The predicted octanol–water partition coefficient (Wildman–Crippen LogP) is -1.30. The first-order chi connectivity index (χ1) is 6.43. The highest BCUT2D eigenvalue weighted by atomic mass is 19.3. The molecule has 0 aliphatic rings. The van der Waals surface area contributed by atoms with Crippen LogP contribution in [0.25, 0.3) is 0 Å². The van der Waals surface area contributed by atoms with Crippen LogP contribution in [-0.4, -0.2) is 49.8 Å². The average molecular weight is 212 g/mol. The molecule has 0 radical (unpaired) electrons. The fraction of sp³-hybridized carbons (Fsp3) is 0.857. The topological polar surface area (TPSA) is 84.6 Å². The van der Waals surface area contributed by atoms with Crippen molar-refractivity contribution in [3.05, 3.63) is 0 Å². The minimum atomic E-state index is -3.32. The Morgan fingerprint density at radius 2 is 2.29 bits per heavy atom. The number of carbonyl (C=O) groups is 1. The van der Waals surface area contributed by atoms with Crippen molar-refractivity contribution in [2.24, 2.45) is 5.73 Å². The lowest BCUT2D eigenvalue weighted by atomic mass is 10.3. The largest absolute Gasteiger partial charge is 0.390 e. The first kappa shape index (κ1) is 13.2. The summed E-state index contributed by atoms with van der Waals surface area (Å²) in [5.41, 5.74) is 5.25. The molecule has 0 aromatic carbocycles. The Morgan fingerprint density at radius 3 is 2.71 bits per heavy atom. The van der Waals surface area contributed by atoms with Gasteiger partial charge in [-0.15, -0.1) is 0 Å². The number of hydrogen-bond acceptors (Lipinski definition) is 4. The number of aliphatic hydroxyl groups is 1. The summed E-state index contributed by atoms with van der Waals surface area (Å²) in [6, 6.07) is -0.977. The van der Waals surface area contributed by atoms with Gasteiger partial charge in [-0.25, -0.2) is 8.78 Å². The standard InChI is InChI=1S/C7H14F2N2O3/c1-14-2-5(10)6(13)11-3-7(8,9)4-12/h5,12H,2-4,10H2,1H3,(H,11,13). The summed E-state index contributed by atoms with van der Waals surface area (Å²) < 4.78 is 29.4. The molecule has 1 amide bonds. The van der Waals surface area contributed by atoms with Gasteiger partial charge in [-0.1, -0.05) is 0 Å². The molecule has 0 aliphatic heterocycles. The number of aliphatic hydroxyl groups excluding tert-OH is 1. The maximum absolute atomic E-state index is 12.4. The van der Waals surface area contributed by atoms with Crippen LogP contribution in [0.3, 0.4) is 0 Å². The third-order valence-electron chi connectivity index (χ3n) is 1.44. The van der Waals surface area contributed by atoms with Crippen molar-refractivity contribution in [1.29, 1.82) is 0 Å². The zero-order chi connectivity index (χ0) is 11.2. The Hall–Kier alpha value is -0.790. The minimum Gasteiger partial charge on any atom is -0.390 e. The summed E-state index contributed by atoms with van der Waals surface area (Å²) in [7, 11) is 1.34. The van der Waals surface area contributed by atoms with E-state index in [0.717, 1.165) is 0 Å². The summed E-state index contributed by atoms with van der Waals surface area (Å²) in [6.07, 6.45) is 0. The van der Waals surface area contributed by atoms with Crippen molar-refractivity contribution in [2.45, 2.75) is 12.0 Å². The molecule has 0 saturated carbocycles. The molecule has 0 aliphatic carbocycles. The van der Waals surface area contributed by atoms with E-state index < -0.39 is 31.0 Å². The van der Waals surface area contributed by atoms with Gasteiger partial charge in [-0.05, 0) is 0 Å². The lowest BCUT2D eigenvalue weighted by Gasteiger charge is -2.16. The van der Waals surface area contributed by atoms with Crippen molar-refractivity contribution >= 4 is 5.91 Å². The van der Waals surface area contributed by atoms with Crippen LogP contribution >= 0.6 is 0 Å². The third-order valence-corrected chi connectivity index (χ3v) is 1.44. The molecule has 1 unspecified atom stereocenters. The number of rotatable bonds is 6. The van der Waals surface area contributed by atoms with Gasteiger partial charge < -0.3 is 20.9 Å². The number of carbonyl (C=O) groups excluding carboxylic acids is 1. The second-order valence-corrected chi connectivity index (χ2v) is 2.79. The number of methoxy groups -OCH3 is 1. The smallest absolute Gasteiger partial charge is 0.287 e. The first-order valence-corrected chi connectivity index (χ1v) is 3.94. The van der Waals surface area contributed by atoms with Crippen LogP contribution in [0.1, 0.15) is 0 Å². The van der Waals surface area contributed by atoms with Crippen LogP contribution in [-0.2, 0) is 9.53 Å². The Balaban J connectivity index is 3.84. The monoisotopic (exact) mass is 212 g/mol. The van der Waals surface area contributed by atoms with Crippen molar-refractivity contribution < 1.29 is 23.4 Å². The minimum absolute atomic E-state index is 0.0451. The molecule has 0 aromatic rings. The number of alkyl halides is 2. The lowest BCUT2D eigenvalue weighted by molar-refractivity contribution is -0.126. The number of hydrogen-bond donors (Lipinski definition) is 3. The van der Waals surface area contributed by atoms with E-state index in [1.807, 2.05) is 5.32 Å². The Bertz CT molecular complexity index is 190. The van der Waals surface area contributed by atoms with Crippen LogP contribution < -0.4 is 11.1 Å². The molecule has 84 valence electrons. The molecule has 0 fully saturated rings. The fourth-order valence-corrected chi connectivity index (χ4v) is 0.659. The van der Waals surface area contributed by atoms with Gasteiger partial charge in [0.15, 0.2) is 0 Å². The number of amides is 1. The third kappa shape index (κ3) is 5.05. The van der Waals surface area contributed by atoms with Crippen LogP contribution in [0.4, 0.5) is 8.78 Å². The van der Waals surface area contributed by atoms with Gasteiger partial charge >= 0.3 is 0 Å². The number of nitrogens with two attached hydrogens (primary N) is 1. The molecular weight excluding hydrogens is 198 g/mol. The maximum Gasteiger partial charge on any atom is 0.287 e. The van der Waals surface area contributed by atoms with Crippen molar-refractivity contribution in [3.63, 3.8) is 0 Å². The maximum atomic E-state index is 12.4. The molecule has 0 saturated heterocycles. The molecule has 5 nitrogen and oxygen atoms in total. The molecule has 0 rings (SSSR count). The zero-order valence-electron chi connectivity index (χ0n) is 7.80. The normalized spacial score (nSPS) is 13.8. The van der Waals surface area contributed by atoms with E-state index in [-0.39, 0.29) is 6.61 Å². The summed E-state index contributed by atoms with van der Waals surface area (Å²) in [5.74, 6) is -4.05. The Kier molecular flexibility index (Phi) is 5.51. The van der Waals surface area contributed by atoms with E-state index in [0.29, 0.717) is 0 Å². The van der Waals surface area contributed by atoms with Crippen LogP contribution in [0.15, 0.2) is 0 Å². The van der Waals surface area contributed by atoms with Gasteiger partial charge in [0.1, 0.15) is 12.6 Å². The molecule has 0 spiro atoms. The second-order valence-electron chi connectivity index (χ2n) is 2.79. The van der Waals surface area contributed by atoms with Crippen molar-refractivity contribution in [3.8, 4) is 0 Å². The highest BCUT2D eigenvalue weighted by molar-refractivity contribution is 5.81. The summed E-state index contributed by atoms with van der Waals surface area (Å²) >= 11 is 0. The first-order valence-electron chi connectivity index (χ1n) is 3.94. The van der Waals surface area contributed by atoms with Crippen molar-refractivity contribution in [1.82, 2.24) is 5.32 Å². The van der Waals surface area contributed by atoms with Gasteiger partial charge in [-0.2, -0.15) is 0 Å². The second kappa shape index (κ2) is 5.84. The van der Waals surface area contributed by atoms with Crippen molar-refractivity contribution in [2.75, 3.05) is 26.9 Å². The molecule has 0 bridgehead atoms. The zero-order valence-corrected chi connectivity index (χ0v) is 7.80. The molecule has 4 N–H and O–H groups in total. The summed E-state index contributed by atoms with van der Waals surface area (Å²) in [4.78, 5) is 11.0. The fourth-order valence-electron chi connectivity index (χ4n) is 0.659. The molecule has 14 heavy (non-hydrogen) atoms. The van der Waals surface area contributed by atoms with Crippen LogP contribution in [0.5, 0.6) is 0 Å². The van der Waals surface area contributed by atoms with E-state index in [4.69, 9.17) is 10.8 Å². The van der Waals surface area contributed by atoms with Crippen LogP contribution in [0.2, 0.25) is 0 Å². The van der Waals surface area contributed by atoms with Gasteiger partial charge in [0.05, 0.1) is 13.2 Å². The molecule has 0 heterocycles. The van der Waals surface area contributed by atoms with Crippen LogP contribution in [0, 0.1) is 0 Å². The van der Waals surface area contributed by atoms with E-state index in [1.54, 1.807) is 0 Å². The Morgan fingerprint density at radius 1 is 1.71 bits per heavy atom. The van der Waals surface area contributed by atoms with E-state index in [2.05, 4.69) is 4.74 Å². The SMILES string of the molecule is COCC(N)C(=O)NCC(F)(F)CO. The lowest BCUT2D eigenvalue weighted by Crippen LogP contribution is -2.48. The molecule has 1 atom stereocenters. The average Bonchev–Trinajstić information content (AvgIpc) is 2.15. The van der Waals surface area contributed by atoms with E-state index >= 15 is 0 Å². The summed E-state index contributed by atoms with van der Waals surface area (Å²) in [5, 5.41) is 10.1. The van der Waals surface area contributed by atoms with Gasteiger partial charge in [0.2, 0.25) is 5.91 Å². The van der Waals surface area contributed by atoms with Gasteiger partial charge in [0.25, 0.3) is 5.92 Å². The molecule has 7 heteroatoms. The van der Waals surface area contributed by atoms with E-state index in [9.17, 15) is 13.6 Å². The van der Waals surface area contributed by atoms with E-state index in [1.165, 1.54) is 7.11 Å². The highest BCUT2D eigenvalue weighted by Gasteiger charge is 2.29. The van der Waals surface area contributed by atoms with Gasteiger partial charge in [-0.3, -0.25) is 4.79 Å².